The number of sulfonamides is 1. The van der Waals surface area contributed by atoms with Crippen LogP contribution in [0.3, 0.4) is 0 Å². The fraction of sp³-hybridized carbons (Fsp3) is 0.263. The second-order valence-electron chi connectivity index (χ2n) is 5.72. The summed E-state index contributed by atoms with van der Waals surface area (Å²) in [6.45, 7) is 1.94. The molecule has 28 heavy (non-hydrogen) atoms. The van der Waals surface area contributed by atoms with Gasteiger partial charge in [0.25, 0.3) is 10.0 Å². The Hall–Kier alpha value is -3.07. The first-order valence-corrected chi connectivity index (χ1v) is 10.0. The molecule has 0 saturated heterocycles. The smallest absolute Gasteiger partial charge is 0.306 e. The summed E-state index contributed by atoms with van der Waals surface area (Å²) in [5.41, 5.74) is 0.691. The predicted molar refractivity (Wildman–Crippen MR) is 105 cm³/mol. The highest BCUT2D eigenvalue weighted by Gasteiger charge is 2.16. The van der Waals surface area contributed by atoms with Gasteiger partial charge in [-0.1, -0.05) is 6.07 Å². The molecule has 0 unspecified atom stereocenters. The number of hydrogen-bond acceptors (Lipinski definition) is 6. The van der Waals surface area contributed by atoms with Crippen LogP contribution in [0.5, 0.6) is 5.75 Å². The number of esters is 1. The van der Waals surface area contributed by atoms with Crippen molar-refractivity contribution in [2.24, 2.45) is 0 Å². The van der Waals surface area contributed by atoms with Gasteiger partial charge in [-0.05, 0) is 49.4 Å². The SMILES string of the molecule is CCOC(=O)CCC(=O)Nc1cccc(S(=O)(=O)Nc2ccc(OC)cc2)c1. The fourth-order valence-corrected chi connectivity index (χ4v) is 3.39. The van der Waals surface area contributed by atoms with E-state index in [1.165, 1.54) is 25.3 Å². The lowest BCUT2D eigenvalue weighted by molar-refractivity contribution is -0.144. The third-order valence-electron chi connectivity index (χ3n) is 3.63. The molecule has 0 heterocycles. The topological polar surface area (TPSA) is 111 Å². The van der Waals surface area contributed by atoms with Crippen LogP contribution in [0.15, 0.2) is 53.4 Å². The number of anilines is 2. The van der Waals surface area contributed by atoms with E-state index in [1.54, 1.807) is 37.3 Å². The van der Waals surface area contributed by atoms with E-state index in [4.69, 9.17) is 9.47 Å². The number of rotatable bonds is 9. The van der Waals surface area contributed by atoms with Crippen molar-refractivity contribution < 1.29 is 27.5 Å². The molecule has 150 valence electrons. The van der Waals surface area contributed by atoms with E-state index in [1.807, 2.05) is 0 Å². The molecule has 0 aliphatic carbocycles. The zero-order chi connectivity index (χ0) is 20.6. The first-order chi connectivity index (χ1) is 13.3. The highest BCUT2D eigenvalue weighted by atomic mass is 32.2. The van der Waals surface area contributed by atoms with Gasteiger partial charge in [-0.3, -0.25) is 14.3 Å². The molecule has 2 aromatic carbocycles. The van der Waals surface area contributed by atoms with E-state index in [9.17, 15) is 18.0 Å². The van der Waals surface area contributed by atoms with Gasteiger partial charge in [0.05, 0.1) is 25.0 Å². The second kappa shape index (κ2) is 9.75. The summed E-state index contributed by atoms with van der Waals surface area (Å²) < 4.78 is 37.4. The number of carbonyl (C=O) groups excluding carboxylic acids is 2. The van der Waals surface area contributed by atoms with E-state index in [0.717, 1.165) is 0 Å². The molecule has 0 spiro atoms. The van der Waals surface area contributed by atoms with E-state index < -0.39 is 21.9 Å². The summed E-state index contributed by atoms with van der Waals surface area (Å²) in [4.78, 5) is 23.2. The van der Waals surface area contributed by atoms with Gasteiger partial charge in [-0.15, -0.1) is 0 Å². The number of hydrogen-bond donors (Lipinski definition) is 2. The van der Waals surface area contributed by atoms with Gasteiger partial charge in [-0.2, -0.15) is 0 Å². The Morgan fingerprint density at radius 1 is 1.00 bits per heavy atom. The van der Waals surface area contributed by atoms with Crippen molar-refractivity contribution in [1.29, 1.82) is 0 Å². The highest BCUT2D eigenvalue weighted by molar-refractivity contribution is 7.92. The van der Waals surface area contributed by atoms with Crippen molar-refractivity contribution in [2.75, 3.05) is 23.8 Å². The Balaban J connectivity index is 2.04. The third-order valence-corrected chi connectivity index (χ3v) is 5.01. The highest BCUT2D eigenvalue weighted by Crippen LogP contribution is 2.21. The van der Waals surface area contributed by atoms with Gasteiger partial charge >= 0.3 is 5.97 Å². The van der Waals surface area contributed by atoms with Crippen LogP contribution in [0.25, 0.3) is 0 Å². The zero-order valence-electron chi connectivity index (χ0n) is 15.6. The van der Waals surface area contributed by atoms with Crippen LogP contribution in [0.1, 0.15) is 19.8 Å². The maximum absolute atomic E-state index is 12.6. The first-order valence-electron chi connectivity index (χ1n) is 8.56. The minimum absolute atomic E-state index is 0.00786. The molecule has 0 aliphatic rings. The lowest BCUT2D eigenvalue weighted by Crippen LogP contribution is -2.16. The molecule has 0 aromatic heterocycles. The molecule has 9 heteroatoms. The van der Waals surface area contributed by atoms with Crippen LogP contribution in [-0.2, 0) is 24.3 Å². The maximum Gasteiger partial charge on any atom is 0.306 e. The Bertz CT molecular complexity index is 926. The van der Waals surface area contributed by atoms with Crippen LogP contribution in [0.2, 0.25) is 0 Å². The number of nitrogens with one attached hydrogen (secondary N) is 2. The Labute approximate surface area is 163 Å². The van der Waals surface area contributed by atoms with Gasteiger partial charge in [0, 0.05) is 17.8 Å². The van der Waals surface area contributed by atoms with Crippen LogP contribution in [-0.4, -0.2) is 34.0 Å². The second-order valence-corrected chi connectivity index (χ2v) is 7.40. The number of methoxy groups -OCH3 is 1. The Kier molecular flexibility index (Phi) is 7.39. The summed E-state index contributed by atoms with van der Waals surface area (Å²) >= 11 is 0. The van der Waals surface area contributed by atoms with Gasteiger partial charge in [-0.25, -0.2) is 8.42 Å². The molecule has 0 saturated carbocycles. The van der Waals surface area contributed by atoms with Crippen LogP contribution in [0, 0.1) is 0 Å². The average Bonchev–Trinajstić information content (AvgIpc) is 2.67. The number of amides is 1. The molecule has 0 aliphatic heterocycles. The van der Waals surface area contributed by atoms with Gasteiger partial charge in [0.1, 0.15) is 5.75 Å². The lowest BCUT2D eigenvalue weighted by atomic mass is 10.2. The molecule has 0 bridgehead atoms. The molecule has 0 fully saturated rings. The molecule has 8 nitrogen and oxygen atoms in total. The maximum atomic E-state index is 12.6. The van der Waals surface area contributed by atoms with Crippen molar-refractivity contribution in [1.82, 2.24) is 0 Å². The summed E-state index contributed by atoms with van der Waals surface area (Å²) in [6, 6.07) is 12.3. The van der Waals surface area contributed by atoms with E-state index in [2.05, 4.69) is 10.0 Å². The molecular formula is C19H22N2O6S. The first kappa shape index (κ1) is 21.2. The van der Waals surface area contributed by atoms with Crippen molar-refractivity contribution >= 4 is 33.3 Å². The summed E-state index contributed by atoms with van der Waals surface area (Å²) in [7, 11) is -2.32. The quantitative estimate of drug-likeness (QED) is 0.620. The van der Waals surface area contributed by atoms with Gasteiger partial charge in [0.2, 0.25) is 5.91 Å². The zero-order valence-corrected chi connectivity index (χ0v) is 16.4. The Morgan fingerprint density at radius 3 is 2.36 bits per heavy atom. The summed E-state index contributed by atoms with van der Waals surface area (Å²) in [5.74, 6) is -0.265. The van der Waals surface area contributed by atoms with Gasteiger partial charge < -0.3 is 14.8 Å². The molecule has 0 atom stereocenters. The molecule has 2 N–H and O–H groups in total. The monoisotopic (exact) mass is 406 g/mol. The van der Waals surface area contributed by atoms with E-state index >= 15 is 0 Å². The third kappa shape index (κ3) is 6.27. The number of benzene rings is 2. The van der Waals surface area contributed by atoms with Crippen molar-refractivity contribution in [3.05, 3.63) is 48.5 Å². The van der Waals surface area contributed by atoms with Crippen molar-refractivity contribution in [2.45, 2.75) is 24.7 Å². The van der Waals surface area contributed by atoms with Gasteiger partial charge in [0.15, 0.2) is 0 Å². The van der Waals surface area contributed by atoms with Crippen LogP contribution in [0.4, 0.5) is 11.4 Å². The normalized spacial score (nSPS) is 10.8. The standard InChI is InChI=1S/C19H22N2O6S/c1-3-27-19(23)12-11-18(22)20-15-5-4-6-17(13-15)28(24,25)21-14-7-9-16(26-2)10-8-14/h4-10,13,21H,3,11-12H2,1-2H3,(H,20,22). The average molecular weight is 406 g/mol. The minimum atomic E-state index is -3.84. The summed E-state index contributed by atoms with van der Waals surface area (Å²) in [5, 5.41) is 2.58. The lowest BCUT2D eigenvalue weighted by Gasteiger charge is -2.11. The largest absolute Gasteiger partial charge is 0.497 e. The van der Waals surface area contributed by atoms with E-state index in [0.29, 0.717) is 17.1 Å². The van der Waals surface area contributed by atoms with Crippen LogP contribution < -0.4 is 14.8 Å². The molecule has 2 aromatic rings. The molecular weight excluding hydrogens is 384 g/mol. The number of ether oxygens (including phenoxy) is 2. The minimum Gasteiger partial charge on any atom is -0.497 e. The summed E-state index contributed by atoms with van der Waals surface area (Å²) in [6.07, 6.45) is -0.101. The molecule has 1 amide bonds. The number of carbonyl (C=O) groups is 2. The Morgan fingerprint density at radius 2 is 1.71 bits per heavy atom. The fourth-order valence-electron chi connectivity index (χ4n) is 2.29. The van der Waals surface area contributed by atoms with Crippen molar-refractivity contribution in [3.63, 3.8) is 0 Å². The predicted octanol–water partition coefficient (Wildman–Crippen LogP) is 2.78. The molecule has 2 rings (SSSR count). The van der Waals surface area contributed by atoms with Crippen molar-refractivity contribution in [3.8, 4) is 5.75 Å². The molecule has 0 radical (unpaired) electrons. The van der Waals surface area contributed by atoms with Crippen LogP contribution >= 0.6 is 0 Å². The van der Waals surface area contributed by atoms with E-state index in [-0.39, 0.29) is 24.3 Å².